The molecule has 116 valence electrons. The molecule has 1 saturated heterocycles. The molecule has 0 saturated carbocycles. The lowest BCUT2D eigenvalue weighted by Crippen LogP contribution is -2.47. The summed E-state index contributed by atoms with van der Waals surface area (Å²) in [5.74, 6) is -0.214. The second-order valence-corrected chi connectivity index (χ2v) is 8.00. The second kappa shape index (κ2) is 5.11. The summed E-state index contributed by atoms with van der Waals surface area (Å²) in [6, 6.07) is 15.0. The van der Waals surface area contributed by atoms with E-state index in [4.69, 9.17) is 0 Å². The standard InChI is InChI=1S/C17H13BrN2O2S/c1-10-15(21)20(12-8-6-11(18)7-9-12)17(23-10)13-4-2-3-5-14(13)19-16(17)22/h2-10H,1H3,(H,19,22)/t10-,17+/m1/s1. The van der Waals surface area contributed by atoms with Gasteiger partial charge in [-0.05, 0) is 37.3 Å². The molecule has 4 nitrogen and oxygen atoms in total. The fourth-order valence-corrected chi connectivity index (χ4v) is 4.90. The van der Waals surface area contributed by atoms with E-state index in [0.717, 1.165) is 21.4 Å². The number of nitrogens with one attached hydrogen (secondary N) is 1. The Labute approximate surface area is 146 Å². The number of anilines is 2. The Balaban J connectivity index is 1.94. The van der Waals surface area contributed by atoms with Crippen molar-refractivity contribution in [1.82, 2.24) is 0 Å². The number of hydrogen-bond acceptors (Lipinski definition) is 3. The number of rotatable bonds is 1. The summed E-state index contributed by atoms with van der Waals surface area (Å²) in [6.07, 6.45) is 0. The molecule has 0 aromatic heterocycles. The van der Waals surface area contributed by atoms with E-state index in [1.165, 1.54) is 11.8 Å². The molecule has 2 aliphatic rings. The maximum Gasteiger partial charge on any atom is 0.266 e. The van der Waals surface area contributed by atoms with Gasteiger partial charge in [-0.1, -0.05) is 34.1 Å². The molecule has 0 radical (unpaired) electrons. The number of carbonyl (C=O) groups is 2. The van der Waals surface area contributed by atoms with Crippen LogP contribution in [0.25, 0.3) is 0 Å². The monoisotopic (exact) mass is 388 g/mol. The number of benzene rings is 2. The van der Waals surface area contributed by atoms with Crippen LogP contribution >= 0.6 is 27.7 Å². The van der Waals surface area contributed by atoms with Crippen molar-refractivity contribution in [3.05, 3.63) is 58.6 Å². The minimum atomic E-state index is -1.03. The van der Waals surface area contributed by atoms with Gasteiger partial charge in [-0.2, -0.15) is 0 Å². The highest BCUT2D eigenvalue weighted by molar-refractivity contribution is 9.10. The third-order valence-corrected chi connectivity index (χ3v) is 6.18. The highest BCUT2D eigenvalue weighted by Gasteiger charge is 2.60. The minimum absolute atomic E-state index is 0.0517. The Morgan fingerprint density at radius 3 is 2.57 bits per heavy atom. The highest BCUT2D eigenvalue weighted by Crippen LogP contribution is 2.55. The van der Waals surface area contributed by atoms with Gasteiger partial charge in [0.1, 0.15) is 0 Å². The molecule has 2 aromatic carbocycles. The summed E-state index contributed by atoms with van der Waals surface area (Å²) in [6.45, 7) is 1.85. The average molecular weight is 389 g/mol. The summed E-state index contributed by atoms with van der Waals surface area (Å²) in [5, 5.41) is 2.64. The molecule has 2 atom stereocenters. The predicted octanol–water partition coefficient (Wildman–Crippen LogP) is 3.72. The lowest BCUT2D eigenvalue weighted by molar-refractivity contribution is -0.122. The zero-order valence-corrected chi connectivity index (χ0v) is 14.6. The van der Waals surface area contributed by atoms with Crippen LogP contribution in [-0.4, -0.2) is 17.1 Å². The molecule has 4 rings (SSSR count). The number of carbonyl (C=O) groups excluding carboxylic acids is 2. The maximum absolute atomic E-state index is 12.9. The molecule has 1 spiro atoms. The van der Waals surface area contributed by atoms with E-state index in [0.29, 0.717) is 0 Å². The van der Waals surface area contributed by atoms with Crippen LogP contribution in [0.15, 0.2) is 53.0 Å². The zero-order valence-electron chi connectivity index (χ0n) is 12.2. The van der Waals surface area contributed by atoms with Crippen molar-refractivity contribution in [2.75, 3.05) is 10.2 Å². The molecule has 2 aromatic rings. The number of hydrogen-bond donors (Lipinski definition) is 1. The van der Waals surface area contributed by atoms with Gasteiger partial charge < -0.3 is 5.32 Å². The first kappa shape index (κ1) is 14.8. The van der Waals surface area contributed by atoms with Crippen LogP contribution < -0.4 is 10.2 Å². The van der Waals surface area contributed by atoms with E-state index in [2.05, 4.69) is 21.2 Å². The number of halogens is 1. The quantitative estimate of drug-likeness (QED) is 0.809. The normalized spacial score (nSPS) is 25.8. The van der Waals surface area contributed by atoms with E-state index in [1.807, 2.05) is 55.5 Å². The Morgan fingerprint density at radius 2 is 1.83 bits per heavy atom. The fourth-order valence-electron chi connectivity index (χ4n) is 3.15. The SMILES string of the molecule is C[C@H]1S[C@@]2(C(=O)Nc3ccccc32)N(c2ccc(Br)cc2)C1=O. The molecule has 0 bridgehead atoms. The molecule has 1 fully saturated rings. The molecule has 2 amide bonds. The highest BCUT2D eigenvalue weighted by atomic mass is 79.9. The van der Waals surface area contributed by atoms with Gasteiger partial charge in [0.05, 0.1) is 5.25 Å². The van der Waals surface area contributed by atoms with Gasteiger partial charge in [-0.3, -0.25) is 14.5 Å². The van der Waals surface area contributed by atoms with E-state index in [1.54, 1.807) is 4.90 Å². The molecular weight excluding hydrogens is 376 g/mol. The number of fused-ring (bicyclic) bond motifs is 2. The Morgan fingerprint density at radius 1 is 1.13 bits per heavy atom. The van der Waals surface area contributed by atoms with Crippen LogP contribution in [0.4, 0.5) is 11.4 Å². The Bertz CT molecular complexity index is 824. The van der Waals surface area contributed by atoms with Gasteiger partial charge in [0.25, 0.3) is 5.91 Å². The first-order valence-electron chi connectivity index (χ1n) is 7.22. The average Bonchev–Trinajstić information content (AvgIpc) is 2.97. The summed E-state index contributed by atoms with van der Waals surface area (Å²) in [4.78, 5) is 26.3. The van der Waals surface area contributed by atoms with Crippen LogP contribution in [0.3, 0.4) is 0 Å². The van der Waals surface area contributed by atoms with Gasteiger partial charge in [0.2, 0.25) is 10.8 Å². The van der Waals surface area contributed by atoms with Crippen LogP contribution in [0.5, 0.6) is 0 Å². The fraction of sp³-hybridized carbons (Fsp3) is 0.176. The van der Waals surface area contributed by atoms with Gasteiger partial charge in [0.15, 0.2) is 0 Å². The molecule has 0 unspecified atom stereocenters. The maximum atomic E-state index is 12.9. The van der Waals surface area contributed by atoms with Gasteiger partial charge in [-0.15, -0.1) is 11.8 Å². The minimum Gasteiger partial charge on any atom is -0.323 e. The predicted molar refractivity (Wildman–Crippen MR) is 95.4 cm³/mol. The molecule has 6 heteroatoms. The van der Waals surface area contributed by atoms with Crippen LogP contribution in [0.2, 0.25) is 0 Å². The second-order valence-electron chi connectivity index (χ2n) is 5.55. The first-order valence-corrected chi connectivity index (χ1v) is 8.90. The summed E-state index contributed by atoms with van der Waals surface area (Å²) in [5.41, 5.74) is 2.34. The van der Waals surface area contributed by atoms with E-state index < -0.39 is 4.87 Å². The lowest BCUT2D eigenvalue weighted by Gasteiger charge is -2.32. The topological polar surface area (TPSA) is 49.4 Å². The smallest absolute Gasteiger partial charge is 0.266 e. The number of thioether (sulfide) groups is 1. The Hall–Kier alpha value is -1.79. The molecule has 2 aliphatic heterocycles. The van der Waals surface area contributed by atoms with Crippen LogP contribution in [0.1, 0.15) is 12.5 Å². The van der Waals surface area contributed by atoms with Crippen LogP contribution in [-0.2, 0) is 14.5 Å². The van der Waals surface area contributed by atoms with Crippen molar-refractivity contribution in [3.8, 4) is 0 Å². The van der Waals surface area contributed by atoms with Crippen molar-refractivity contribution in [2.24, 2.45) is 0 Å². The molecular formula is C17H13BrN2O2S. The number of para-hydroxylation sites is 1. The first-order chi connectivity index (χ1) is 11.0. The largest absolute Gasteiger partial charge is 0.323 e. The zero-order chi connectivity index (χ0) is 16.2. The van der Waals surface area contributed by atoms with Crippen molar-refractivity contribution < 1.29 is 9.59 Å². The Kier molecular flexibility index (Phi) is 3.28. The van der Waals surface area contributed by atoms with Crippen molar-refractivity contribution in [1.29, 1.82) is 0 Å². The summed E-state index contributed by atoms with van der Waals surface area (Å²) in [7, 11) is 0. The lowest BCUT2D eigenvalue weighted by atomic mass is 10.0. The van der Waals surface area contributed by atoms with Crippen molar-refractivity contribution in [3.63, 3.8) is 0 Å². The third kappa shape index (κ3) is 1.98. The number of amides is 2. The van der Waals surface area contributed by atoms with Gasteiger partial charge >= 0.3 is 0 Å². The van der Waals surface area contributed by atoms with Crippen LogP contribution in [0, 0.1) is 0 Å². The molecule has 1 N–H and O–H groups in total. The molecule has 2 heterocycles. The van der Waals surface area contributed by atoms with E-state index in [-0.39, 0.29) is 17.1 Å². The molecule has 0 aliphatic carbocycles. The third-order valence-electron chi connectivity index (χ3n) is 4.16. The van der Waals surface area contributed by atoms with Gasteiger partial charge in [-0.25, -0.2) is 0 Å². The number of nitrogens with zero attached hydrogens (tertiary/aromatic N) is 1. The van der Waals surface area contributed by atoms with E-state index in [9.17, 15) is 9.59 Å². The van der Waals surface area contributed by atoms with Crippen molar-refractivity contribution in [2.45, 2.75) is 17.0 Å². The molecule has 23 heavy (non-hydrogen) atoms. The summed E-state index contributed by atoms with van der Waals surface area (Å²) < 4.78 is 0.930. The summed E-state index contributed by atoms with van der Waals surface area (Å²) >= 11 is 4.80. The van der Waals surface area contributed by atoms with Gasteiger partial charge in [0, 0.05) is 21.4 Å². The van der Waals surface area contributed by atoms with Crippen molar-refractivity contribution >= 4 is 50.9 Å². The van der Waals surface area contributed by atoms with E-state index >= 15 is 0 Å².